The van der Waals surface area contributed by atoms with E-state index in [2.05, 4.69) is 26.4 Å². The van der Waals surface area contributed by atoms with E-state index in [1.807, 2.05) is 6.92 Å². The van der Waals surface area contributed by atoms with Crippen LogP contribution in [0.1, 0.15) is 31.7 Å². The Morgan fingerprint density at radius 2 is 2.07 bits per heavy atom. The monoisotopic (exact) mass is 410 g/mol. The van der Waals surface area contributed by atoms with Crippen LogP contribution in [-0.4, -0.2) is 27.8 Å². The molecule has 0 spiro atoms. The van der Waals surface area contributed by atoms with Gasteiger partial charge in [0.05, 0.1) is 15.7 Å². The Balaban J connectivity index is 1.74. The molecule has 1 aromatic heterocycles. The van der Waals surface area contributed by atoms with Crippen LogP contribution in [0.2, 0.25) is 10.0 Å². The zero-order valence-electron chi connectivity index (χ0n) is 14.8. The number of aryl methyl sites for hydroxylation is 1. The van der Waals surface area contributed by atoms with Crippen LogP contribution in [0.25, 0.3) is 0 Å². The summed E-state index contributed by atoms with van der Waals surface area (Å²) in [6.45, 7) is 3.81. The van der Waals surface area contributed by atoms with Crippen molar-refractivity contribution in [2.45, 2.75) is 39.0 Å². The molecule has 1 aliphatic rings. The highest BCUT2D eigenvalue weighted by atomic mass is 35.5. The van der Waals surface area contributed by atoms with Gasteiger partial charge in [0.15, 0.2) is 6.29 Å². The number of hydrogen-bond acceptors (Lipinski definition) is 4. The molecule has 2 atom stereocenters. The minimum Gasteiger partial charge on any atom is -0.322 e. The maximum atomic E-state index is 12.4. The van der Waals surface area contributed by atoms with Crippen molar-refractivity contribution in [1.82, 2.24) is 20.4 Å². The predicted molar refractivity (Wildman–Crippen MR) is 105 cm³/mol. The Morgan fingerprint density at radius 3 is 2.78 bits per heavy atom. The van der Waals surface area contributed by atoms with Gasteiger partial charge in [-0.05, 0) is 31.5 Å². The number of carbonyl (C=O) groups excluding carboxylic acids is 2. The molecule has 2 heterocycles. The third-order valence-electron chi connectivity index (χ3n) is 4.14. The lowest BCUT2D eigenvalue weighted by atomic mass is 10.1. The summed E-state index contributed by atoms with van der Waals surface area (Å²) in [5.41, 5.74) is 1.20. The highest BCUT2D eigenvalue weighted by molar-refractivity contribution is 6.42. The van der Waals surface area contributed by atoms with E-state index in [1.54, 1.807) is 35.9 Å². The Hall–Kier alpha value is -2.29. The molecule has 27 heavy (non-hydrogen) atoms. The van der Waals surface area contributed by atoms with Gasteiger partial charge in [-0.1, -0.05) is 30.1 Å². The standard InChI is InChI=1S/C17H20Cl2N6O2/c1-3-10-8-15(26)23-16(20-10)25-14(6-9(2)24-25)22-17(27)21-11-4-5-12(18)13(19)7-11/h4-7,10,16,20H,3,8H2,1-2H3,(H,23,26)(H2,21,22,27). The van der Waals surface area contributed by atoms with Crippen molar-refractivity contribution in [2.75, 3.05) is 10.6 Å². The summed E-state index contributed by atoms with van der Waals surface area (Å²) in [7, 11) is 0. The molecule has 0 radical (unpaired) electrons. The van der Waals surface area contributed by atoms with Crippen molar-refractivity contribution in [3.8, 4) is 0 Å². The summed E-state index contributed by atoms with van der Waals surface area (Å²) < 4.78 is 1.55. The first kappa shape index (κ1) is 19.5. The number of benzene rings is 1. The number of aromatic nitrogens is 2. The van der Waals surface area contributed by atoms with Gasteiger partial charge in [0.1, 0.15) is 5.82 Å². The molecular weight excluding hydrogens is 391 g/mol. The Bertz CT molecular complexity index is 869. The van der Waals surface area contributed by atoms with Crippen LogP contribution in [0.5, 0.6) is 0 Å². The molecule has 0 saturated carbocycles. The van der Waals surface area contributed by atoms with Crippen LogP contribution >= 0.6 is 23.2 Å². The van der Waals surface area contributed by atoms with Crippen LogP contribution in [-0.2, 0) is 4.79 Å². The van der Waals surface area contributed by atoms with Crippen LogP contribution in [0.15, 0.2) is 24.3 Å². The fourth-order valence-corrected chi connectivity index (χ4v) is 3.11. The summed E-state index contributed by atoms with van der Waals surface area (Å²) in [6, 6.07) is 6.10. The predicted octanol–water partition coefficient (Wildman–Crippen LogP) is 3.49. The Morgan fingerprint density at radius 1 is 1.30 bits per heavy atom. The molecule has 0 aliphatic carbocycles. The lowest BCUT2D eigenvalue weighted by molar-refractivity contribution is -0.125. The van der Waals surface area contributed by atoms with Crippen molar-refractivity contribution in [2.24, 2.45) is 0 Å². The van der Waals surface area contributed by atoms with Crippen molar-refractivity contribution >= 4 is 46.6 Å². The number of anilines is 2. The lowest BCUT2D eigenvalue weighted by Gasteiger charge is -2.31. The number of urea groups is 1. The van der Waals surface area contributed by atoms with Crippen molar-refractivity contribution in [1.29, 1.82) is 0 Å². The molecule has 3 amide bonds. The number of amides is 3. The van der Waals surface area contributed by atoms with Crippen LogP contribution in [0.4, 0.5) is 16.3 Å². The zero-order chi connectivity index (χ0) is 19.6. The van der Waals surface area contributed by atoms with Crippen LogP contribution in [0.3, 0.4) is 0 Å². The molecule has 0 bridgehead atoms. The van der Waals surface area contributed by atoms with Crippen molar-refractivity contribution < 1.29 is 9.59 Å². The Labute approximate surface area is 166 Å². The molecule has 10 heteroatoms. The van der Waals surface area contributed by atoms with E-state index >= 15 is 0 Å². The molecule has 4 N–H and O–H groups in total. The maximum absolute atomic E-state index is 12.4. The average molecular weight is 411 g/mol. The third kappa shape index (κ3) is 4.71. The van der Waals surface area contributed by atoms with Gasteiger partial charge in [0.25, 0.3) is 0 Å². The summed E-state index contributed by atoms with van der Waals surface area (Å²) in [5.74, 6) is 0.379. The fourth-order valence-electron chi connectivity index (χ4n) is 2.81. The number of rotatable bonds is 4. The number of hydrogen-bond donors (Lipinski definition) is 4. The van der Waals surface area contributed by atoms with Gasteiger partial charge in [-0.25, -0.2) is 9.48 Å². The van der Waals surface area contributed by atoms with Gasteiger partial charge in [0, 0.05) is 24.2 Å². The highest BCUT2D eigenvalue weighted by Gasteiger charge is 2.28. The molecule has 1 aliphatic heterocycles. The smallest absolute Gasteiger partial charge is 0.322 e. The van der Waals surface area contributed by atoms with E-state index in [9.17, 15) is 9.59 Å². The van der Waals surface area contributed by atoms with Gasteiger partial charge in [-0.2, -0.15) is 5.10 Å². The quantitative estimate of drug-likeness (QED) is 0.619. The molecule has 144 valence electrons. The van der Waals surface area contributed by atoms with Crippen molar-refractivity contribution in [3.05, 3.63) is 40.0 Å². The lowest BCUT2D eigenvalue weighted by Crippen LogP contribution is -2.53. The second-order valence-electron chi connectivity index (χ2n) is 6.27. The summed E-state index contributed by atoms with van der Waals surface area (Å²) in [5, 5.41) is 16.7. The largest absolute Gasteiger partial charge is 0.324 e. The minimum atomic E-state index is -0.537. The number of carbonyl (C=O) groups is 2. The van der Waals surface area contributed by atoms with E-state index in [1.165, 1.54) is 0 Å². The summed E-state index contributed by atoms with van der Waals surface area (Å²) >= 11 is 11.8. The topological polar surface area (TPSA) is 100 Å². The molecule has 1 aromatic carbocycles. The summed E-state index contributed by atoms with van der Waals surface area (Å²) in [4.78, 5) is 24.3. The summed E-state index contributed by atoms with van der Waals surface area (Å²) in [6.07, 6.45) is 0.684. The average Bonchev–Trinajstić information content (AvgIpc) is 2.97. The van der Waals surface area contributed by atoms with Crippen molar-refractivity contribution in [3.63, 3.8) is 0 Å². The first-order chi connectivity index (χ1) is 12.9. The SMILES string of the molecule is CCC1CC(=O)NC(n2nc(C)cc2NC(=O)Nc2ccc(Cl)c(Cl)c2)N1. The normalized spacial score (nSPS) is 19.5. The first-order valence-electron chi connectivity index (χ1n) is 8.50. The van der Waals surface area contributed by atoms with Gasteiger partial charge >= 0.3 is 6.03 Å². The van der Waals surface area contributed by atoms with E-state index < -0.39 is 12.3 Å². The third-order valence-corrected chi connectivity index (χ3v) is 4.88. The van der Waals surface area contributed by atoms with Gasteiger partial charge < -0.3 is 10.6 Å². The second kappa shape index (κ2) is 8.16. The van der Waals surface area contributed by atoms with Crippen LogP contribution in [0, 0.1) is 6.92 Å². The second-order valence-corrected chi connectivity index (χ2v) is 7.08. The molecule has 3 rings (SSSR count). The first-order valence-corrected chi connectivity index (χ1v) is 9.26. The van der Waals surface area contributed by atoms with E-state index in [0.717, 1.165) is 6.42 Å². The van der Waals surface area contributed by atoms with Crippen LogP contribution < -0.4 is 21.3 Å². The number of nitrogens with one attached hydrogen (secondary N) is 4. The molecule has 1 saturated heterocycles. The van der Waals surface area contributed by atoms with E-state index in [-0.39, 0.29) is 11.9 Å². The Kier molecular flexibility index (Phi) is 5.88. The van der Waals surface area contributed by atoms with Gasteiger partial charge in [-0.15, -0.1) is 0 Å². The molecule has 2 unspecified atom stereocenters. The van der Waals surface area contributed by atoms with Gasteiger partial charge in [0.2, 0.25) is 5.91 Å². The highest BCUT2D eigenvalue weighted by Crippen LogP contribution is 2.25. The zero-order valence-corrected chi connectivity index (χ0v) is 16.4. The maximum Gasteiger partial charge on any atom is 0.324 e. The molecule has 2 aromatic rings. The fraction of sp³-hybridized carbons (Fsp3) is 0.353. The number of halogens is 2. The molecular formula is C17H20Cl2N6O2. The minimum absolute atomic E-state index is 0.0474. The van der Waals surface area contributed by atoms with E-state index in [4.69, 9.17) is 23.2 Å². The molecule has 1 fully saturated rings. The molecule has 8 nitrogen and oxygen atoms in total. The van der Waals surface area contributed by atoms with E-state index in [0.29, 0.717) is 33.7 Å². The van der Waals surface area contributed by atoms with Gasteiger partial charge in [-0.3, -0.25) is 15.4 Å². The number of nitrogens with zero attached hydrogens (tertiary/aromatic N) is 2.